The first-order chi connectivity index (χ1) is 25.6. The molecule has 2 atom stereocenters. The molecule has 3 aromatic rings. The monoisotopic (exact) mass is 735 g/mol. The molecular formula is C38H45N3O12. The number of hydrogen-bond donors (Lipinski definition) is 3. The fourth-order valence-electron chi connectivity index (χ4n) is 5.44. The number of benzene rings is 3. The van der Waals surface area contributed by atoms with E-state index in [1.54, 1.807) is 75.6 Å². The van der Waals surface area contributed by atoms with Gasteiger partial charge in [0.05, 0.1) is 35.7 Å². The third-order valence-corrected chi connectivity index (χ3v) is 7.96. The van der Waals surface area contributed by atoms with Gasteiger partial charge in [-0.2, -0.15) is 0 Å². The number of hydrogen-bond acceptors (Lipinski definition) is 14. The molecule has 15 heteroatoms. The number of nitrogens with one attached hydrogen (secondary N) is 2. The average molecular weight is 736 g/mol. The summed E-state index contributed by atoms with van der Waals surface area (Å²) in [5.74, 6) is 0.132. The number of methoxy groups -OCH3 is 2. The van der Waals surface area contributed by atoms with Crippen molar-refractivity contribution in [3.63, 3.8) is 0 Å². The quantitative estimate of drug-likeness (QED) is 0.0616. The van der Waals surface area contributed by atoms with Crippen molar-refractivity contribution in [2.75, 3.05) is 67.0 Å². The van der Waals surface area contributed by atoms with Crippen LogP contribution in [0, 0.1) is 10.1 Å². The van der Waals surface area contributed by atoms with Gasteiger partial charge in [-0.25, -0.2) is 9.59 Å². The van der Waals surface area contributed by atoms with Gasteiger partial charge in [0.25, 0.3) is 5.69 Å². The number of nitro groups is 1. The maximum Gasteiger partial charge on any atom is 0.336 e. The molecule has 0 saturated heterocycles. The number of non-ortho nitro benzene ring substituents is 1. The minimum absolute atomic E-state index is 0.0382. The van der Waals surface area contributed by atoms with E-state index < -0.39 is 28.9 Å². The van der Waals surface area contributed by atoms with Crippen LogP contribution in [-0.4, -0.2) is 95.0 Å². The number of nitrogens with zero attached hydrogens (tertiary/aromatic N) is 1. The summed E-state index contributed by atoms with van der Waals surface area (Å²) in [6, 6.07) is 19.8. The summed E-state index contributed by atoms with van der Waals surface area (Å²) in [5, 5.41) is 27.9. The van der Waals surface area contributed by atoms with Gasteiger partial charge in [-0.05, 0) is 67.9 Å². The summed E-state index contributed by atoms with van der Waals surface area (Å²) in [7, 11) is 2.84. The first-order valence-corrected chi connectivity index (χ1v) is 16.9. The maximum atomic E-state index is 13.4. The number of aliphatic hydroxyl groups is 1. The Labute approximate surface area is 307 Å². The van der Waals surface area contributed by atoms with E-state index in [9.17, 15) is 24.8 Å². The van der Waals surface area contributed by atoms with Gasteiger partial charge in [-0.3, -0.25) is 10.1 Å². The third-order valence-electron chi connectivity index (χ3n) is 7.96. The predicted octanol–water partition coefficient (Wildman–Crippen LogP) is 4.06. The van der Waals surface area contributed by atoms with Crippen LogP contribution >= 0.6 is 0 Å². The molecule has 1 aliphatic heterocycles. The zero-order chi connectivity index (χ0) is 38.2. The number of dihydropyridines is 1. The molecule has 0 saturated carbocycles. The van der Waals surface area contributed by atoms with Crippen LogP contribution in [0.3, 0.4) is 0 Å². The molecule has 0 spiro atoms. The normalized spacial score (nSPS) is 14.5. The first kappa shape index (κ1) is 40.1. The fourth-order valence-corrected chi connectivity index (χ4v) is 5.44. The molecule has 3 N–H and O–H groups in total. The van der Waals surface area contributed by atoms with Crippen LogP contribution in [0.15, 0.2) is 95.3 Å². The Hall–Kier alpha value is -5.64. The standard InChI is InChI=1S/C38H45N3O12/c1-25-34(37(43)48-4)36(27-6-5-7-28(22-27)41(45)46)35(26(2)40-25)38(44)52-21-20-51-32-10-8-30(9-11-32)49-17-16-39-23-29(42)24-53-33-14-12-31(13-15-33)50-19-18-47-3/h5-15,22,29,36,39-40,42H,16-21,23-24H2,1-4H3. The van der Waals surface area contributed by atoms with Crippen LogP contribution in [0.25, 0.3) is 0 Å². The van der Waals surface area contributed by atoms with E-state index >= 15 is 0 Å². The van der Waals surface area contributed by atoms with E-state index in [-0.39, 0.29) is 36.7 Å². The summed E-state index contributed by atoms with van der Waals surface area (Å²) in [6.07, 6.45) is -0.712. The average Bonchev–Trinajstić information content (AvgIpc) is 3.16. The second-order valence-electron chi connectivity index (χ2n) is 11.8. The Morgan fingerprint density at radius 1 is 0.792 bits per heavy atom. The van der Waals surface area contributed by atoms with E-state index in [1.165, 1.54) is 25.3 Å². The van der Waals surface area contributed by atoms with E-state index in [4.69, 9.17) is 33.2 Å². The zero-order valence-corrected chi connectivity index (χ0v) is 30.1. The topological polar surface area (TPSA) is 186 Å². The van der Waals surface area contributed by atoms with Crippen molar-refractivity contribution >= 4 is 17.6 Å². The summed E-state index contributed by atoms with van der Waals surface area (Å²) < 4.78 is 38.1. The lowest BCUT2D eigenvalue weighted by atomic mass is 9.80. The van der Waals surface area contributed by atoms with Gasteiger partial charge >= 0.3 is 11.9 Å². The van der Waals surface area contributed by atoms with Crippen LogP contribution in [0.4, 0.5) is 5.69 Å². The number of esters is 2. The van der Waals surface area contributed by atoms with Crippen molar-refractivity contribution in [2.24, 2.45) is 0 Å². The molecule has 3 aromatic carbocycles. The summed E-state index contributed by atoms with van der Waals surface area (Å²) in [5.41, 5.74) is 1.35. The number of carbonyl (C=O) groups excluding carboxylic acids is 2. The molecule has 4 rings (SSSR count). The number of rotatable bonds is 21. The lowest BCUT2D eigenvalue weighted by Crippen LogP contribution is -2.33. The molecule has 284 valence electrons. The molecule has 0 fully saturated rings. The van der Waals surface area contributed by atoms with Crippen molar-refractivity contribution in [3.05, 3.63) is 111 Å². The van der Waals surface area contributed by atoms with Gasteiger partial charge in [0.1, 0.15) is 62.1 Å². The molecule has 2 unspecified atom stereocenters. The summed E-state index contributed by atoms with van der Waals surface area (Å²) in [4.78, 5) is 37.2. The highest BCUT2D eigenvalue weighted by Crippen LogP contribution is 2.40. The van der Waals surface area contributed by atoms with Crippen molar-refractivity contribution < 1.29 is 52.8 Å². The predicted molar refractivity (Wildman–Crippen MR) is 193 cm³/mol. The second-order valence-corrected chi connectivity index (χ2v) is 11.8. The van der Waals surface area contributed by atoms with Gasteiger partial charge < -0.3 is 48.9 Å². The van der Waals surface area contributed by atoms with Gasteiger partial charge in [0.15, 0.2) is 0 Å². The van der Waals surface area contributed by atoms with Crippen LogP contribution in [0.1, 0.15) is 25.3 Å². The minimum Gasteiger partial charge on any atom is -0.492 e. The molecule has 0 bridgehead atoms. The van der Waals surface area contributed by atoms with Crippen molar-refractivity contribution in [1.29, 1.82) is 0 Å². The number of nitro benzene ring substituents is 1. The number of carbonyl (C=O) groups is 2. The highest BCUT2D eigenvalue weighted by atomic mass is 16.6. The van der Waals surface area contributed by atoms with Crippen LogP contribution < -0.4 is 29.6 Å². The zero-order valence-electron chi connectivity index (χ0n) is 30.1. The smallest absolute Gasteiger partial charge is 0.336 e. The molecule has 1 heterocycles. The van der Waals surface area contributed by atoms with Gasteiger partial charge in [-0.15, -0.1) is 0 Å². The van der Waals surface area contributed by atoms with Crippen molar-refractivity contribution in [2.45, 2.75) is 25.9 Å². The second kappa shape index (κ2) is 20.4. The number of allylic oxidation sites excluding steroid dienone is 2. The highest BCUT2D eigenvalue weighted by Gasteiger charge is 2.38. The Morgan fingerprint density at radius 2 is 1.34 bits per heavy atom. The van der Waals surface area contributed by atoms with E-state index in [2.05, 4.69) is 10.6 Å². The Balaban J connectivity index is 1.18. The molecule has 0 amide bonds. The number of ether oxygens (including phenoxy) is 7. The van der Waals surface area contributed by atoms with Crippen LogP contribution in [0.2, 0.25) is 0 Å². The van der Waals surface area contributed by atoms with Crippen molar-refractivity contribution in [3.8, 4) is 23.0 Å². The van der Waals surface area contributed by atoms with Gasteiger partial charge in [-0.1, -0.05) is 12.1 Å². The van der Waals surface area contributed by atoms with Crippen LogP contribution in [0.5, 0.6) is 23.0 Å². The fraction of sp³-hybridized carbons (Fsp3) is 0.368. The highest BCUT2D eigenvalue weighted by molar-refractivity contribution is 5.99. The SMILES string of the molecule is COCCOc1ccc(OCC(O)CNCCOc2ccc(OCCOC(=O)C3=C(C)NC(C)=C(C(=O)OC)C3c3cccc([N+](=O)[O-])c3)cc2)cc1. The molecule has 15 nitrogen and oxygen atoms in total. The Kier molecular flexibility index (Phi) is 15.5. The Bertz CT molecular complexity index is 1740. The first-order valence-electron chi connectivity index (χ1n) is 16.9. The molecule has 53 heavy (non-hydrogen) atoms. The van der Waals surface area contributed by atoms with E-state index in [0.29, 0.717) is 72.9 Å². The van der Waals surface area contributed by atoms with E-state index in [1.807, 2.05) is 0 Å². The third kappa shape index (κ3) is 12.0. The summed E-state index contributed by atoms with van der Waals surface area (Å²) >= 11 is 0. The lowest BCUT2D eigenvalue weighted by Gasteiger charge is -2.30. The van der Waals surface area contributed by atoms with Gasteiger partial charge in [0, 0.05) is 43.7 Å². The van der Waals surface area contributed by atoms with Crippen LogP contribution in [-0.2, 0) is 23.8 Å². The molecule has 0 aromatic heterocycles. The lowest BCUT2D eigenvalue weighted by molar-refractivity contribution is -0.384. The van der Waals surface area contributed by atoms with Crippen molar-refractivity contribution in [1.82, 2.24) is 10.6 Å². The maximum absolute atomic E-state index is 13.4. The summed E-state index contributed by atoms with van der Waals surface area (Å²) in [6.45, 7) is 5.54. The minimum atomic E-state index is -0.958. The van der Waals surface area contributed by atoms with E-state index in [0.717, 1.165) is 0 Å². The largest absolute Gasteiger partial charge is 0.492 e. The number of aliphatic hydroxyl groups excluding tert-OH is 1. The molecule has 1 aliphatic rings. The molecular weight excluding hydrogens is 690 g/mol. The van der Waals surface area contributed by atoms with Gasteiger partial charge in [0.2, 0.25) is 0 Å². The molecule has 0 aliphatic carbocycles. The Morgan fingerprint density at radius 3 is 1.91 bits per heavy atom. The molecule has 0 radical (unpaired) electrons.